The summed E-state index contributed by atoms with van der Waals surface area (Å²) in [6, 6.07) is 12.1. The minimum absolute atomic E-state index is 0.119. The summed E-state index contributed by atoms with van der Waals surface area (Å²) < 4.78 is 16.8. The van der Waals surface area contributed by atoms with E-state index in [0.717, 1.165) is 0 Å². The van der Waals surface area contributed by atoms with Crippen LogP contribution in [0.1, 0.15) is 5.56 Å². The molecular formula is C22H19BrN4O5S. The van der Waals surface area contributed by atoms with Gasteiger partial charge in [0, 0.05) is 5.56 Å². The fourth-order valence-electron chi connectivity index (χ4n) is 2.93. The smallest absolute Gasteiger partial charge is 0.270 e. The lowest BCUT2D eigenvalue weighted by atomic mass is 10.1. The van der Waals surface area contributed by atoms with Crippen molar-refractivity contribution >= 4 is 39.3 Å². The number of nitriles is 1. The number of ether oxygens (including phenoxy) is 3. The minimum Gasteiger partial charge on any atom is -0.495 e. The Balaban J connectivity index is 1.88. The number of aromatic amines is 1. The second-order valence-corrected chi connectivity index (χ2v) is 8.09. The summed E-state index contributed by atoms with van der Waals surface area (Å²) in [6.45, 7) is -0.296. The maximum Gasteiger partial charge on any atom is 0.270 e. The molecule has 0 saturated heterocycles. The van der Waals surface area contributed by atoms with Crippen LogP contribution in [0.5, 0.6) is 17.2 Å². The van der Waals surface area contributed by atoms with Crippen LogP contribution in [0.4, 0.5) is 5.69 Å². The SMILES string of the molecule is COc1ccccc1NC(=O)COc1c(Br)cc(-c2nc(SC)[nH]c(=O)c2C#N)cc1OC. The van der Waals surface area contributed by atoms with E-state index in [9.17, 15) is 14.9 Å². The number of amides is 1. The van der Waals surface area contributed by atoms with Crippen LogP contribution >= 0.6 is 27.7 Å². The van der Waals surface area contributed by atoms with Crippen LogP contribution in [0.3, 0.4) is 0 Å². The van der Waals surface area contributed by atoms with E-state index in [2.05, 4.69) is 31.2 Å². The highest BCUT2D eigenvalue weighted by Gasteiger charge is 2.19. The van der Waals surface area contributed by atoms with Gasteiger partial charge in [-0.2, -0.15) is 5.26 Å². The fraction of sp³-hybridized carbons (Fsp3) is 0.182. The number of thioether (sulfide) groups is 1. The molecule has 9 nitrogen and oxygen atoms in total. The lowest BCUT2D eigenvalue weighted by Gasteiger charge is -2.15. The molecule has 33 heavy (non-hydrogen) atoms. The third-order valence-corrected chi connectivity index (χ3v) is 5.60. The second kappa shape index (κ2) is 10.9. The summed E-state index contributed by atoms with van der Waals surface area (Å²) in [5.74, 6) is 0.702. The minimum atomic E-state index is -0.532. The fourth-order valence-corrected chi connectivity index (χ4v) is 3.86. The zero-order chi connectivity index (χ0) is 24.0. The largest absolute Gasteiger partial charge is 0.495 e. The second-order valence-electron chi connectivity index (χ2n) is 6.44. The Kier molecular flexibility index (Phi) is 7.97. The van der Waals surface area contributed by atoms with E-state index in [0.29, 0.717) is 32.4 Å². The first kappa shape index (κ1) is 24.2. The summed E-state index contributed by atoms with van der Waals surface area (Å²) in [4.78, 5) is 31.6. The molecular weight excluding hydrogens is 512 g/mol. The van der Waals surface area contributed by atoms with E-state index < -0.39 is 11.5 Å². The highest BCUT2D eigenvalue weighted by Crippen LogP contribution is 2.40. The van der Waals surface area contributed by atoms with E-state index in [-0.39, 0.29) is 23.6 Å². The number of methoxy groups -OCH3 is 2. The van der Waals surface area contributed by atoms with Crippen molar-refractivity contribution in [2.45, 2.75) is 5.16 Å². The van der Waals surface area contributed by atoms with Crippen LogP contribution in [0.15, 0.2) is 50.8 Å². The molecule has 0 radical (unpaired) electrons. The van der Waals surface area contributed by atoms with Crippen molar-refractivity contribution in [3.05, 3.63) is 56.8 Å². The predicted octanol–water partition coefficient (Wildman–Crippen LogP) is 3.83. The summed E-state index contributed by atoms with van der Waals surface area (Å²) in [5, 5.41) is 12.5. The molecule has 11 heteroatoms. The van der Waals surface area contributed by atoms with Gasteiger partial charge in [0.25, 0.3) is 11.5 Å². The zero-order valence-corrected chi connectivity index (χ0v) is 20.3. The van der Waals surface area contributed by atoms with Gasteiger partial charge in [-0.15, -0.1) is 0 Å². The molecule has 0 bridgehead atoms. The Labute approximate surface area is 202 Å². The van der Waals surface area contributed by atoms with E-state index in [4.69, 9.17) is 14.2 Å². The molecule has 0 aliphatic rings. The van der Waals surface area contributed by atoms with Gasteiger partial charge >= 0.3 is 0 Å². The van der Waals surface area contributed by atoms with E-state index >= 15 is 0 Å². The van der Waals surface area contributed by atoms with Gasteiger partial charge in [0.15, 0.2) is 23.3 Å². The molecule has 0 saturated carbocycles. The molecule has 0 spiro atoms. The van der Waals surface area contributed by atoms with Crippen molar-refractivity contribution in [2.75, 3.05) is 32.4 Å². The van der Waals surface area contributed by atoms with Gasteiger partial charge in [-0.1, -0.05) is 23.9 Å². The summed E-state index contributed by atoms with van der Waals surface area (Å²) >= 11 is 4.66. The predicted molar refractivity (Wildman–Crippen MR) is 128 cm³/mol. The number of H-pyrrole nitrogens is 1. The Morgan fingerprint density at radius 1 is 1.24 bits per heavy atom. The van der Waals surface area contributed by atoms with E-state index in [1.165, 1.54) is 26.0 Å². The molecule has 0 aliphatic heterocycles. The first-order valence-electron chi connectivity index (χ1n) is 9.43. The first-order chi connectivity index (χ1) is 15.9. The van der Waals surface area contributed by atoms with Crippen molar-refractivity contribution in [3.63, 3.8) is 0 Å². The topological polar surface area (TPSA) is 126 Å². The number of aromatic nitrogens is 2. The standard InChI is InChI=1S/C22H19BrN4O5S/c1-30-16-7-5-4-6-15(16)25-18(28)11-32-20-14(23)8-12(9-17(20)31-2)19-13(10-24)21(29)27-22(26-19)33-3/h4-9H,11H2,1-3H3,(H,25,28)(H,26,27,29). The molecule has 3 aromatic rings. The molecule has 0 unspecified atom stereocenters. The third kappa shape index (κ3) is 5.47. The van der Waals surface area contributed by atoms with Gasteiger partial charge in [-0.3, -0.25) is 9.59 Å². The molecule has 0 atom stereocenters. The highest BCUT2D eigenvalue weighted by molar-refractivity contribution is 9.10. The lowest BCUT2D eigenvalue weighted by molar-refractivity contribution is -0.118. The molecule has 0 aliphatic carbocycles. The van der Waals surface area contributed by atoms with Crippen molar-refractivity contribution < 1.29 is 19.0 Å². The summed E-state index contributed by atoms with van der Waals surface area (Å²) in [6.07, 6.45) is 1.76. The number of hydrogen-bond acceptors (Lipinski definition) is 8. The molecule has 1 aromatic heterocycles. The van der Waals surface area contributed by atoms with Gasteiger partial charge in [-0.25, -0.2) is 4.98 Å². The zero-order valence-electron chi connectivity index (χ0n) is 17.9. The van der Waals surface area contributed by atoms with Gasteiger partial charge in [-0.05, 0) is 46.5 Å². The number of carbonyl (C=O) groups excluding carboxylic acids is 1. The maximum atomic E-state index is 12.4. The van der Waals surface area contributed by atoms with Gasteiger partial charge in [0.05, 0.1) is 30.1 Å². The molecule has 1 heterocycles. The average molecular weight is 531 g/mol. The van der Waals surface area contributed by atoms with Crippen LogP contribution in [0.25, 0.3) is 11.3 Å². The average Bonchev–Trinajstić information content (AvgIpc) is 2.82. The number of halogens is 1. The highest BCUT2D eigenvalue weighted by atomic mass is 79.9. The molecule has 2 aromatic carbocycles. The molecule has 3 rings (SSSR count). The molecule has 2 N–H and O–H groups in total. The summed E-state index contributed by atoms with van der Waals surface area (Å²) in [5.41, 5.74) is 0.554. The number of benzene rings is 2. The van der Waals surface area contributed by atoms with Crippen LogP contribution < -0.4 is 25.1 Å². The third-order valence-electron chi connectivity index (χ3n) is 4.43. The Hall–Kier alpha value is -3.49. The lowest BCUT2D eigenvalue weighted by Crippen LogP contribution is -2.20. The number of nitrogens with zero attached hydrogens (tertiary/aromatic N) is 2. The van der Waals surface area contributed by atoms with Gasteiger partial charge < -0.3 is 24.5 Å². The number of carbonyl (C=O) groups is 1. The number of rotatable bonds is 8. The van der Waals surface area contributed by atoms with Gasteiger partial charge in [0.2, 0.25) is 0 Å². The van der Waals surface area contributed by atoms with Crippen molar-refractivity contribution in [1.29, 1.82) is 5.26 Å². The van der Waals surface area contributed by atoms with Crippen LogP contribution in [-0.2, 0) is 4.79 Å². The van der Waals surface area contributed by atoms with E-state index in [1.807, 2.05) is 6.07 Å². The number of anilines is 1. The van der Waals surface area contributed by atoms with E-state index in [1.54, 1.807) is 42.7 Å². The van der Waals surface area contributed by atoms with Crippen molar-refractivity contribution in [3.8, 4) is 34.6 Å². The molecule has 1 amide bonds. The van der Waals surface area contributed by atoms with Crippen LogP contribution in [-0.4, -0.2) is 43.0 Å². The number of nitrogens with one attached hydrogen (secondary N) is 2. The maximum absolute atomic E-state index is 12.4. The number of para-hydroxylation sites is 2. The van der Waals surface area contributed by atoms with Gasteiger partial charge in [0.1, 0.15) is 17.4 Å². The molecule has 170 valence electrons. The first-order valence-corrected chi connectivity index (χ1v) is 11.5. The Bertz CT molecular complexity index is 1290. The van der Waals surface area contributed by atoms with Crippen LogP contribution in [0.2, 0.25) is 0 Å². The molecule has 0 fully saturated rings. The quantitative estimate of drug-likeness (QED) is 0.332. The monoisotopic (exact) mass is 530 g/mol. The van der Waals surface area contributed by atoms with Crippen molar-refractivity contribution in [2.24, 2.45) is 0 Å². The normalized spacial score (nSPS) is 10.3. The van der Waals surface area contributed by atoms with Crippen molar-refractivity contribution in [1.82, 2.24) is 9.97 Å². The summed E-state index contributed by atoms with van der Waals surface area (Å²) in [7, 11) is 2.96. The Morgan fingerprint density at radius 3 is 2.64 bits per heavy atom. The van der Waals surface area contributed by atoms with Crippen LogP contribution in [0, 0.1) is 11.3 Å². The number of hydrogen-bond donors (Lipinski definition) is 2. The Morgan fingerprint density at radius 2 is 1.97 bits per heavy atom.